The zero-order valence-electron chi connectivity index (χ0n) is 11.1. The Morgan fingerprint density at radius 2 is 1.81 bits per heavy atom. The minimum atomic E-state index is -1.19. The predicted molar refractivity (Wildman–Crippen MR) is 74.2 cm³/mol. The lowest BCUT2D eigenvalue weighted by Crippen LogP contribution is -2.13. The number of carboxylic acids is 1. The van der Waals surface area contributed by atoms with E-state index in [9.17, 15) is 19.1 Å². The highest BCUT2D eigenvalue weighted by Crippen LogP contribution is 2.25. The van der Waals surface area contributed by atoms with Gasteiger partial charge in [-0.1, -0.05) is 0 Å². The average molecular weight is 289 g/mol. The molecule has 0 bridgehead atoms. The zero-order valence-corrected chi connectivity index (χ0v) is 11.1. The summed E-state index contributed by atoms with van der Waals surface area (Å²) in [6, 6.07) is 7.31. The van der Waals surface area contributed by atoms with E-state index in [0.29, 0.717) is 5.56 Å². The molecule has 0 unspecified atom stereocenters. The van der Waals surface area contributed by atoms with Crippen LogP contribution in [0.15, 0.2) is 36.4 Å². The smallest absolute Gasteiger partial charge is 0.335 e. The Kier molecular flexibility index (Phi) is 3.89. The molecule has 0 atom stereocenters. The molecule has 5 nitrogen and oxygen atoms in total. The molecule has 108 valence electrons. The highest BCUT2D eigenvalue weighted by Gasteiger charge is 2.13. The maximum atomic E-state index is 13.3. The molecule has 0 radical (unpaired) electrons. The van der Waals surface area contributed by atoms with Crippen molar-refractivity contribution in [3.05, 3.63) is 58.9 Å². The van der Waals surface area contributed by atoms with Crippen LogP contribution in [-0.2, 0) is 0 Å². The normalized spacial score (nSPS) is 10.2. The summed E-state index contributed by atoms with van der Waals surface area (Å²) in [5.74, 6) is -2.66. The number of phenolic OH excluding ortho intramolecular Hbond substituents is 1. The number of anilines is 1. The fourth-order valence-corrected chi connectivity index (χ4v) is 1.83. The van der Waals surface area contributed by atoms with Crippen molar-refractivity contribution in [3.8, 4) is 5.75 Å². The summed E-state index contributed by atoms with van der Waals surface area (Å²) in [7, 11) is 0. The number of carbonyl (C=O) groups is 2. The minimum Gasteiger partial charge on any atom is -0.506 e. The molecule has 2 rings (SSSR count). The second-order valence-electron chi connectivity index (χ2n) is 4.51. The molecule has 0 saturated carbocycles. The van der Waals surface area contributed by atoms with E-state index in [1.54, 1.807) is 6.92 Å². The van der Waals surface area contributed by atoms with Gasteiger partial charge in [-0.2, -0.15) is 0 Å². The second kappa shape index (κ2) is 5.62. The first-order valence-electron chi connectivity index (χ1n) is 6.01. The fourth-order valence-electron chi connectivity index (χ4n) is 1.83. The lowest BCUT2D eigenvalue weighted by molar-refractivity contribution is 0.0696. The van der Waals surface area contributed by atoms with Crippen LogP contribution >= 0.6 is 0 Å². The highest BCUT2D eigenvalue weighted by atomic mass is 19.1. The zero-order chi connectivity index (χ0) is 15.6. The molecule has 0 heterocycles. The van der Waals surface area contributed by atoms with E-state index in [1.165, 1.54) is 18.2 Å². The molecule has 0 aromatic heterocycles. The van der Waals surface area contributed by atoms with Crippen molar-refractivity contribution in [1.82, 2.24) is 0 Å². The maximum Gasteiger partial charge on any atom is 0.335 e. The largest absolute Gasteiger partial charge is 0.506 e. The van der Waals surface area contributed by atoms with E-state index < -0.39 is 17.7 Å². The van der Waals surface area contributed by atoms with Crippen molar-refractivity contribution < 1.29 is 24.2 Å². The number of hydrogen-bond donors (Lipinski definition) is 3. The van der Waals surface area contributed by atoms with Crippen molar-refractivity contribution in [2.45, 2.75) is 6.92 Å². The van der Waals surface area contributed by atoms with E-state index in [2.05, 4.69) is 5.32 Å². The first-order chi connectivity index (χ1) is 9.86. The summed E-state index contributed by atoms with van der Waals surface area (Å²) >= 11 is 0. The van der Waals surface area contributed by atoms with E-state index >= 15 is 0 Å². The van der Waals surface area contributed by atoms with E-state index in [-0.39, 0.29) is 22.6 Å². The number of aryl methyl sites for hydroxylation is 1. The molecule has 0 aliphatic carbocycles. The number of rotatable bonds is 3. The van der Waals surface area contributed by atoms with Crippen molar-refractivity contribution in [1.29, 1.82) is 0 Å². The minimum absolute atomic E-state index is 0.0539. The lowest BCUT2D eigenvalue weighted by Gasteiger charge is -2.09. The lowest BCUT2D eigenvalue weighted by atomic mass is 10.1. The predicted octanol–water partition coefficient (Wildman–Crippen LogP) is 2.79. The monoisotopic (exact) mass is 289 g/mol. The topological polar surface area (TPSA) is 86.6 Å². The number of hydrogen-bond acceptors (Lipinski definition) is 3. The molecule has 1 amide bonds. The van der Waals surface area contributed by atoms with Crippen LogP contribution in [0, 0.1) is 12.7 Å². The van der Waals surface area contributed by atoms with Gasteiger partial charge in [-0.25, -0.2) is 9.18 Å². The third-order valence-electron chi connectivity index (χ3n) is 2.80. The van der Waals surface area contributed by atoms with Gasteiger partial charge in [-0.15, -0.1) is 0 Å². The highest BCUT2D eigenvalue weighted by molar-refractivity contribution is 6.05. The molecule has 6 heteroatoms. The number of halogens is 1. The molecule has 21 heavy (non-hydrogen) atoms. The second-order valence-corrected chi connectivity index (χ2v) is 4.51. The summed E-state index contributed by atoms with van der Waals surface area (Å²) in [5, 5.41) is 20.9. The van der Waals surface area contributed by atoms with Crippen LogP contribution in [-0.4, -0.2) is 22.1 Å². The van der Waals surface area contributed by atoms with Crippen molar-refractivity contribution in [2.75, 3.05) is 5.32 Å². The Morgan fingerprint density at radius 1 is 1.10 bits per heavy atom. The van der Waals surface area contributed by atoms with Crippen molar-refractivity contribution in [3.63, 3.8) is 0 Å². The Balaban J connectivity index is 2.31. The standard InChI is InChI=1S/C15H12FNO4/c1-8-4-10(6-11(16)5-8)14(19)17-12-7-9(15(20)21)2-3-13(12)18/h2-7,18H,1H3,(H,17,19)(H,20,21). The van der Waals surface area contributed by atoms with Crippen molar-refractivity contribution >= 4 is 17.6 Å². The SMILES string of the molecule is Cc1cc(F)cc(C(=O)Nc2cc(C(=O)O)ccc2O)c1. The Labute approximate surface area is 119 Å². The molecular weight excluding hydrogens is 277 g/mol. The Hall–Kier alpha value is -2.89. The third-order valence-corrected chi connectivity index (χ3v) is 2.80. The number of benzene rings is 2. The molecule has 0 saturated heterocycles. The van der Waals surface area contributed by atoms with Crippen LogP contribution < -0.4 is 5.32 Å². The molecular formula is C15H12FNO4. The summed E-state index contributed by atoms with van der Waals surface area (Å²) in [5.41, 5.74) is 0.511. The molecule has 2 aromatic rings. The van der Waals surface area contributed by atoms with Crippen LogP contribution in [0.4, 0.5) is 10.1 Å². The van der Waals surface area contributed by atoms with Gasteiger partial charge in [0.05, 0.1) is 11.3 Å². The summed E-state index contributed by atoms with van der Waals surface area (Å²) < 4.78 is 13.3. The number of aromatic hydroxyl groups is 1. The quantitative estimate of drug-likeness (QED) is 0.758. The summed E-state index contributed by atoms with van der Waals surface area (Å²) in [6.45, 7) is 1.64. The third kappa shape index (κ3) is 3.36. The van der Waals surface area contributed by atoms with E-state index in [4.69, 9.17) is 5.11 Å². The fraction of sp³-hybridized carbons (Fsp3) is 0.0667. The van der Waals surface area contributed by atoms with Crippen molar-refractivity contribution in [2.24, 2.45) is 0 Å². The molecule has 0 aliphatic heterocycles. The number of carboxylic acid groups (broad SMARTS) is 1. The van der Waals surface area contributed by atoms with Crippen LogP contribution in [0.25, 0.3) is 0 Å². The summed E-state index contributed by atoms with van der Waals surface area (Å²) in [4.78, 5) is 22.9. The maximum absolute atomic E-state index is 13.3. The van der Waals surface area contributed by atoms with Gasteiger partial charge in [-0.3, -0.25) is 4.79 Å². The van der Waals surface area contributed by atoms with Gasteiger partial charge in [0.15, 0.2) is 0 Å². The van der Waals surface area contributed by atoms with Gasteiger partial charge in [0.1, 0.15) is 11.6 Å². The molecule has 2 aromatic carbocycles. The number of aromatic carboxylic acids is 1. The van der Waals surface area contributed by atoms with Crippen LogP contribution in [0.3, 0.4) is 0 Å². The number of carbonyl (C=O) groups excluding carboxylic acids is 1. The molecule has 0 fully saturated rings. The van der Waals surface area contributed by atoms with Crippen LogP contribution in [0.1, 0.15) is 26.3 Å². The molecule has 0 spiro atoms. The van der Waals surface area contributed by atoms with Crippen LogP contribution in [0.2, 0.25) is 0 Å². The van der Waals surface area contributed by atoms with Gasteiger partial charge < -0.3 is 15.5 Å². The van der Waals surface area contributed by atoms with Gasteiger partial charge in [-0.05, 0) is 48.9 Å². The molecule has 0 aliphatic rings. The van der Waals surface area contributed by atoms with Gasteiger partial charge in [0.25, 0.3) is 5.91 Å². The number of amides is 1. The summed E-state index contributed by atoms with van der Waals surface area (Å²) in [6.07, 6.45) is 0. The van der Waals surface area contributed by atoms with Crippen LogP contribution in [0.5, 0.6) is 5.75 Å². The van der Waals surface area contributed by atoms with Gasteiger partial charge >= 0.3 is 5.97 Å². The van der Waals surface area contributed by atoms with E-state index in [0.717, 1.165) is 18.2 Å². The number of phenols is 1. The Bertz CT molecular complexity index is 707. The van der Waals surface area contributed by atoms with Gasteiger partial charge in [0.2, 0.25) is 0 Å². The first-order valence-corrected chi connectivity index (χ1v) is 6.01. The molecule has 3 N–H and O–H groups in total. The average Bonchev–Trinajstić information content (AvgIpc) is 2.39. The first kappa shape index (κ1) is 14.5. The van der Waals surface area contributed by atoms with E-state index in [1.807, 2.05) is 0 Å². The van der Waals surface area contributed by atoms with Gasteiger partial charge in [0, 0.05) is 5.56 Å². The number of nitrogens with one attached hydrogen (secondary N) is 1. The Morgan fingerprint density at radius 3 is 2.43 bits per heavy atom.